The zero-order valence-corrected chi connectivity index (χ0v) is 13.4. The first-order valence-electron chi connectivity index (χ1n) is 7.61. The minimum Gasteiger partial charge on any atom is -0.486 e. The zero-order chi connectivity index (χ0) is 16.3. The number of likely N-dealkylation sites (N-methyl/N-ethyl adjacent to an activating group) is 1. The van der Waals surface area contributed by atoms with Crippen molar-refractivity contribution < 1.29 is 14.6 Å². The second-order valence-corrected chi connectivity index (χ2v) is 5.90. The molecule has 0 unspecified atom stereocenters. The van der Waals surface area contributed by atoms with Gasteiger partial charge in [-0.25, -0.2) is 0 Å². The summed E-state index contributed by atoms with van der Waals surface area (Å²) in [7, 11) is 1.86. The maximum Gasteiger partial charge on any atom is 0.258 e. The predicted molar refractivity (Wildman–Crippen MR) is 85.9 cm³/mol. The number of nitrogens with zero attached hydrogens (tertiary/aromatic N) is 1. The smallest absolute Gasteiger partial charge is 0.258 e. The number of nitrogen functional groups attached to an aromatic ring is 1. The number of carbonyl (C=O) groups excluding carboxylic acids is 1. The van der Waals surface area contributed by atoms with Crippen molar-refractivity contribution in [2.45, 2.75) is 26.0 Å². The highest BCUT2D eigenvalue weighted by atomic mass is 16.5. The van der Waals surface area contributed by atoms with Crippen LogP contribution in [0.25, 0.3) is 0 Å². The maximum atomic E-state index is 12.8. The fourth-order valence-corrected chi connectivity index (χ4v) is 2.71. The Kier molecular flexibility index (Phi) is 5.26. The number of fused-ring (bicyclic) bond motifs is 1. The Morgan fingerprint density at radius 3 is 2.91 bits per heavy atom. The number of aliphatic hydroxyl groups is 1. The first-order valence-corrected chi connectivity index (χ1v) is 7.61. The van der Waals surface area contributed by atoms with Crippen LogP contribution in [0.4, 0.5) is 5.69 Å². The van der Waals surface area contributed by atoms with Gasteiger partial charge in [-0.15, -0.1) is 0 Å². The molecule has 0 fully saturated rings. The lowest BCUT2D eigenvalue weighted by Gasteiger charge is -2.37. The summed E-state index contributed by atoms with van der Waals surface area (Å²) in [6.45, 7) is 4.99. The molecule has 3 atom stereocenters. The molecule has 0 spiro atoms. The normalized spacial score (nSPS) is 23.3. The number of hydrogen-bond donors (Lipinski definition) is 3. The third-order valence-corrected chi connectivity index (χ3v) is 4.13. The van der Waals surface area contributed by atoms with Crippen molar-refractivity contribution >= 4 is 11.6 Å². The van der Waals surface area contributed by atoms with Crippen LogP contribution in [0, 0.1) is 5.92 Å². The van der Waals surface area contributed by atoms with Crippen molar-refractivity contribution in [2.24, 2.45) is 5.92 Å². The van der Waals surface area contributed by atoms with E-state index in [4.69, 9.17) is 10.5 Å². The van der Waals surface area contributed by atoms with Gasteiger partial charge in [0, 0.05) is 19.0 Å². The van der Waals surface area contributed by atoms with Crippen LogP contribution >= 0.6 is 0 Å². The molecule has 1 aromatic carbocycles. The molecule has 4 N–H and O–H groups in total. The van der Waals surface area contributed by atoms with Crippen LogP contribution in [0.3, 0.4) is 0 Å². The lowest BCUT2D eigenvalue weighted by Crippen LogP contribution is -2.49. The Balaban J connectivity index is 2.48. The number of para-hydroxylation sites is 1. The van der Waals surface area contributed by atoms with Crippen molar-refractivity contribution in [3.05, 3.63) is 23.8 Å². The topological polar surface area (TPSA) is 87.8 Å². The number of benzene rings is 1. The van der Waals surface area contributed by atoms with Crippen LogP contribution in [-0.4, -0.2) is 54.8 Å². The molecule has 1 aromatic rings. The highest BCUT2D eigenvalue weighted by molar-refractivity contribution is 5.99. The predicted octanol–water partition coefficient (Wildman–Crippen LogP) is 0.708. The van der Waals surface area contributed by atoms with E-state index in [0.29, 0.717) is 30.1 Å². The summed E-state index contributed by atoms with van der Waals surface area (Å²) in [4.78, 5) is 14.5. The van der Waals surface area contributed by atoms with E-state index in [1.165, 1.54) is 0 Å². The fraction of sp³-hybridized carbons (Fsp3) is 0.562. The molecule has 0 aromatic heterocycles. The van der Waals surface area contributed by atoms with Crippen LogP contribution in [-0.2, 0) is 0 Å². The largest absolute Gasteiger partial charge is 0.486 e. The van der Waals surface area contributed by atoms with Gasteiger partial charge in [0.2, 0.25) is 0 Å². The lowest BCUT2D eigenvalue weighted by molar-refractivity contribution is 0.0417. The van der Waals surface area contributed by atoms with Crippen molar-refractivity contribution in [2.75, 3.05) is 32.5 Å². The molecule has 0 radical (unpaired) electrons. The Morgan fingerprint density at radius 2 is 2.27 bits per heavy atom. The number of hydrogen-bond acceptors (Lipinski definition) is 5. The average molecular weight is 307 g/mol. The Labute approximate surface area is 131 Å². The molecule has 2 rings (SSSR count). The van der Waals surface area contributed by atoms with Gasteiger partial charge in [0.1, 0.15) is 6.10 Å². The lowest BCUT2D eigenvalue weighted by atomic mass is 9.99. The molecule has 6 nitrogen and oxygen atoms in total. The number of amides is 1. The Hall–Kier alpha value is -1.79. The molecule has 1 heterocycles. The van der Waals surface area contributed by atoms with Crippen molar-refractivity contribution in [1.29, 1.82) is 0 Å². The fourth-order valence-electron chi connectivity index (χ4n) is 2.71. The van der Waals surface area contributed by atoms with Crippen molar-refractivity contribution in [3.8, 4) is 5.75 Å². The first-order chi connectivity index (χ1) is 10.5. The molecule has 0 bridgehead atoms. The Bertz CT molecular complexity index is 535. The number of carbonyl (C=O) groups is 1. The highest BCUT2D eigenvalue weighted by Crippen LogP contribution is 2.32. The van der Waals surface area contributed by atoms with Crippen LogP contribution in [0.5, 0.6) is 5.75 Å². The third kappa shape index (κ3) is 3.18. The second-order valence-electron chi connectivity index (χ2n) is 5.90. The van der Waals surface area contributed by atoms with E-state index in [2.05, 4.69) is 5.32 Å². The van der Waals surface area contributed by atoms with Crippen LogP contribution in [0.15, 0.2) is 18.2 Å². The van der Waals surface area contributed by atoms with Gasteiger partial charge in [-0.3, -0.25) is 4.79 Å². The number of nitrogens with one attached hydrogen (secondary N) is 1. The molecule has 0 saturated carbocycles. The summed E-state index contributed by atoms with van der Waals surface area (Å²) >= 11 is 0. The van der Waals surface area contributed by atoms with E-state index in [1.54, 1.807) is 23.1 Å². The number of aliphatic hydroxyl groups excluding tert-OH is 1. The molecule has 6 heteroatoms. The highest BCUT2D eigenvalue weighted by Gasteiger charge is 2.33. The molecule has 122 valence electrons. The SMILES string of the molecule is CNC[C@H]1Oc2c(N)cccc2C(=O)N([C@@H](C)CO)C[C@@H]1C. The van der Waals surface area contributed by atoms with Crippen molar-refractivity contribution in [1.82, 2.24) is 10.2 Å². The second kappa shape index (κ2) is 6.98. The van der Waals surface area contributed by atoms with E-state index in [9.17, 15) is 9.90 Å². The Morgan fingerprint density at radius 1 is 1.55 bits per heavy atom. The summed E-state index contributed by atoms with van der Waals surface area (Å²) in [6.07, 6.45) is -0.102. The van der Waals surface area contributed by atoms with Gasteiger partial charge in [-0.1, -0.05) is 13.0 Å². The minimum absolute atomic E-state index is 0.0757. The van der Waals surface area contributed by atoms with Gasteiger partial charge >= 0.3 is 0 Å². The van der Waals surface area contributed by atoms with E-state index < -0.39 is 0 Å². The summed E-state index contributed by atoms with van der Waals surface area (Å²) in [5.74, 6) is 0.395. The quantitative estimate of drug-likeness (QED) is 0.713. The molecule has 1 amide bonds. The number of anilines is 1. The molecule has 1 aliphatic rings. The summed E-state index contributed by atoms with van der Waals surface area (Å²) in [5.41, 5.74) is 6.92. The van der Waals surface area contributed by atoms with Crippen LogP contribution < -0.4 is 15.8 Å². The molecule has 0 saturated heterocycles. The van der Waals surface area contributed by atoms with Gasteiger partial charge in [0.05, 0.1) is 23.9 Å². The summed E-state index contributed by atoms with van der Waals surface area (Å²) in [5, 5.41) is 12.6. The van der Waals surface area contributed by atoms with Crippen molar-refractivity contribution in [3.63, 3.8) is 0 Å². The van der Waals surface area contributed by atoms with Gasteiger partial charge in [-0.05, 0) is 26.1 Å². The first kappa shape index (κ1) is 16.6. The summed E-state index contributed by atoms with van der Waals surface area (Å²) in [6, 6.07) is 4.94. The molecular weight excluding hydrogens is 282 g/mol. The third-order valence-electron chi connectivity index (χ3n) is 4.13. The van der Waals surface area contributed by atoms with Crippen LogP contribution in [0.2, 0.25) is 0 Å². The van der Waals surface area contributed by atoms with E-state index in [1.807, 2.05) is 20.9 Å². The van der Waals surface area contributed by atoms with Gasteiger partial charge < -0.3 is 25.8 Å². The number of ether oxygens (including phenoxy) is 1. The molecule has 1 aliphatic heterocycles. The van der Waals surface area contributed by atoms with Gasteiger partial charge in [0.15, 0.2) is 5.75 Å². The summed E-state index contributed by atoms with van der Waals surface area (Å²) < 4.78 is 6.06. The van der Waals surface area contributed by atoms with E-state index in [-0.39, 0.29) is 30.6 Å². The van der Waals surface area contributed by atoms with E-state index >= 15 is 0 Å². The van der Waals surface area contributed by atoms with Gasteiger partial charge in [0.25, 0.3) is 5.91 Å². The number of nitrogens with two attached hydrogens (primary N) is 1. The van der Waals surface area contributed by atoms with E-state index in [0.717, 1.165) is 0 Å². The molecule has 22 heavy (non-hydrogen) atoms. The molecule has 0 aliphatic carbocycles. The van der Waals surface area contributed by atoms with Crippen LogP contribution in [0.1, 0.15) is 24.2 Å². The van der Waals surface area contributed by atoms with Gasteiger partial charge in [-0.2, -0.15) is 0 Å². The average Bonchev–Trinajstić information content (AvgIpc) is 2.51. The number of rotatable bonds is 4. The zero-order valence-electron chi connectivity index (χ0n) is 13.4. The molecular formula is C16H25N3O3. The minimum atomic E-state index is -0.252. The maximum absolute atomic E-state index is 12.8. The monoisotopic (exact) mass is 307 g/mol. The standard InChI is InChI=1S/C16H25N3O3/c1-10-8-19(11(2)9-20)16(21)12-5-4-6-13(17)15(12)22-14(10)7-18-3/h4-6,10-11,14,18,20H,7-9,17H2,1-3H3/t10-,11-,14+/m0/s1.